The van der Waals surface area contributed by atoms with E-state index in [2.05, 4.69) is 17.6 Å². The summed E-state index contributed by atoms with van der Waals surface area (Å²) in [5, 5.41) is 17.2. The van der Waals surface area contributed by atoms with Crippen LogP contribution in [0.4, 0.5) is 15.8 Å². The second kappa shape index (κ2) is 5.75. The van der Waals surface area contributed by atoms with Crippen molar-refractivity contribution in [3.05, 3.63) is 33.6 Å². The Morgan fingerprint density at radius 2 is 2.10 bits per heavy atom. The number of nitro benzene ring substituents is 1. The highest BCUT2D eigenvalue weighted by Crippen LogP contribution is 2.30. The van der Waals surface area contributed by atoms with Crippen LogP contribution in [0, 0.1) is 28.3 Å². The first-order valence-electron chi connectivity index (χ1n) is 6.80. The molecule has 2 N–H and O–H groups in total. The van der Waals surface area contributed by atoms with Crippen LogP contribution in [0.1, 0.15) is 25.3 Å². The number of hydrogen-bond acceptors (Lipinski definition) is 4. The van der Waals surface area contributed by atoms with E-state index < -0.39 is 10.7 Å². The molecule has 0 unspecified atom stereocenters. The Kier molecular flexibility index (Phi) is 4.23. The van der Waals surface area contributed by atoms with Crippen LogP contribution >= 0.6 is 0 Å². The third-order valence-electron chi connectivity index (χ3n) is 4.00. The zero-order valence-corrected chi connectivity index (χ0v) is 11.8. The molecule has 6 heteroatoms. The van der Waals surface area contributed by atoms with Crippen molar-refractivity contribution in [2.75, 3.05) is 25.0 Å². The predicted octanol–water partition coefficient (Wildman–Crippen LogP) is 2.84. The summed E-state index contributed by atoms with van der Waals surface area (Å²) in [7, 11) is 0. The topological polar surface area (TPSA) is 67.2 Å². The van der Waals surface area contributed by atoms with Crippen molar-refractivity contribution in [2.45, 2.75) is 26.7 Å². The Labute approximate surface area is 117 Å². The minimum absolute atomic E-state index is 0.132. The number of benzene rings is 1. The summed E-state index contributed by atoms with van der Waals surface area (Å²) in [6.07, 6.45) is 2.07. The fraction of sp³-hybridized carbons (Fsp3) is 0.571. The maximum atomic E-state index is 13.9. The normalized spacial score (nSPS) is 17.8. The van der Waals surface area contributed by atoms with E-state index in [-0.39, 0.29) is 11.1 Å². The van der Waals surface area contributed by atoms with Crippen molar-refractivity contribution in [3.8, 4) is 0 Å². The predicted molar refractivity (Wildman–Crippen MR) is 76.5 cm³/mol. The molecule has 0 amide bonds. The van der Waals surface area contributed by atoms with Crippen molar-refractivity contribution in [2.24, 2.45) is 5.41 Å². The average molecular weight is 281 g/mol. The smallest absolute Gasteiger partial charge is 0.275 e. The van der Waals surface area contributed by atoms with E-state index in [1.165, 1.54) is 6.07 Å². The van der Waals surface area contributed by atoms with Gasteiger partial charge in [-0.25, -0.2) is 4.39 Å². The first-order chi connectivity index (χ1) is 9.41. The summed E-state index contributed by atoms with van der Waals surface area (Å²) < 4.78 is 13.9. The van der Waals surface area contributed by atoms with Gasteiger partial charge in [-0.1, -0.05) is 6.92 Å². The Morgan fingerprint density at radius 1 is 1.45 bits per heavy atom. The van der Waals surface area contributed by atoms with E-state index >= 15 is 0 Å². The average Bonchev–Trinajstić information content (AvgIpc) is 2.40. The van der Waals surface area contributed by atoms with Crippen LogP contribution in [0.2, 0.25) is 0 Å². The lowest BCUT2D eigenvalue weighted by atomic mass is 9.81. The fourth-order valence-electron chi connectivity index (χ4n) is 2.52. The third kappa shape index (κ3) is 3.25. The highest BCUT2D eigenvalue weighted by atomic mass is 19.1. The third-order valence-corrected chi connectivity index (χ3v) is 4.00. The maximum absolute atomic E-state index is 13.9. The highest BCUT2D eigenvalue weighted by Gasteiger charge is 2.27. The van der Waals surface area contributed by atoms with Gasteiger partial charge in [0.2, 0.25) is 0 Å². The van der Waals surface area contributed by atoms with Crippen LogP contribution in [0.15, 0.2) is 12.1 Å². The van der Waals surface area contributed by atoms with Gasteiger partial charge in [0.25, 0.3) is 5.69 Å². The van der Waals surface area contributed by atoms with Gasteiger partial charge >= 0.3 is 0 Å². The molecule has 1 aromatic carbocycles. The number of nitro groups is 1. The first-order valence-corrected chi connectivity index (χ1v) is 6.80. The molecule has 1 aliphatic heterocycles. The number of anilines is 1. The van der Waals surface area contributed by atoms with Crippen molar-refractivity contribution >= 4 is 11.4 Å². The maximum Gasteiger partial charge on any atom is 0.275 e. The molecule has 1 aromatic rings. The number of piperidine rings is 1. The molecule has 2 rings (SSSR count). The van der Waals surface area contributed by atoms with E-state index in [0.29, 0.717) is 17.8 Å². The van der Waals surface area contributed by atoms with Gasteiger partial charge in [-0.2, -0.15) is 0 Å². The molecule has 110 valence electrons. The SMILES string of the molecule is Cc1cc(NCC2(C)CCNCC2)c(F)cc1[N+](=O)[O-]. The van der Waals surface area contributed by atoms with E-state index in [4.69, 9.17) is 0 Å². The van der Waals surface area contributed by atoms with Crippen LogP contribution in [0.5, 0.6) is 0 Å². The lowest BCUT2D eigenvalue weighted by Crippen LogP contribution is -2.39. The highest BCUT2D eigenvalue weighted by molar-refractivity contribution is 5.54. The molecule has 1 aliphatic rings. The van der Waals surface area contributed by atoms with Crippen LogP contribution in [-0.4, -0.2) is 24.6 Å². The van der Waals surface area contributed by atoms with Crippen molar-refractivity contribution in [3.63, 3.8) is 0 Å². The molecule has 0 saturated carbocycles. The number of rotatable bonds is 4. The summed E-state index contributed by atoms with van der Waals surface area (Å²) in [6.45, 7) is 6.41. The molecular weight excluding hydrogens is 261 g/mol. The summed E-state index contributed by atoms with van der Waals surface area (Å²) in [5.74, 6) is -0.570. The molecule has 0 radical (unpaired) electrons. The molecule has 1 saturated heterocycles. The van der Waals surface area contributed by atoms with Gasteiger partial charge in [0.15, 0.2) is 5.82 Å². The van der Waals surface area contributed by atoms with Gasteiger partial charge in [-0.15, -0.1) is 0 Å². The molecule has 20 heavy (non-hydrogen) atoms. The molecule has 0 bridgehead atoms. The lowest BCUT2D eigenvalue weighted by Gasteiger charge is -2.34. The largest absolute Gasteiger partial charge is 0.382 e. The van der Waals surface area contributed by atoms with Gasteiger partial charge in [-0.05, 0) is 44.3 Å². The van der Waals surface area contributed by atoms with Gasteiger partial charge in [-0.3, -0.25) is 10.1 Å². The van der Waals surface area contributed by atoms with Crippen molar-refractivity contribution < 1.29 is 9.31 Å². The van der Waals surface area contributed by atoms with E-state index in [9.17, 15) is 14.5 Å². The minimum Gasteiger partial charge on any atom is -0.382 e. The number of nitrogens with one attached hydrogen (secondary N) is 2. The molecule has 1 fully saturated rings. The minimum atomic E-state index is -0.570. The van der Waals surface area contributed by atoms with Crippen LogP contribution in [0.3, 0.4) is 0 Å². The van der Waals surface area contributed by atoms with Gasteiger partial charge in [0.05, 0.1) is 16.7 Å². The zero-order valence-electron chi connectivity index (χ0n) is 11.8. The molecule has 0 aromatic heterocycles. The zero-order chi connectivity index (χ0) is 14.8. The van der Waals surface area contributed by atoms with Gasteiger partial charge < -0.3 is 10.6 Å². The standard InChI is InChI=1S/C14H20FN3O2/c1-10-7-12(11(15)8-13(10)18(19)20)17-9-14(2)3-5-16-6-4-14/h7-8,16-17H,3-6,9H2,1-2H3. The van der Waals surface area contributed by atoms with E-state index in [1.807, 2.05) is 0 Å². The molecule has 5 nitrogen and oxygen atoms in total. The van der Waals surface area contributed by atoms with Crippen LogP contribution < -0.4 is 10.6 Å². The molecule has 0 spiro atoms. The van der Waals surface area contributed by atoms with E-state index in [0.717, 1.165) is 32.0 Å². The second-order valence-electron chi connectivity index (χ2n) is 5.79. The van der Waals surface area contributed by atoms with Crippen LogP contribution in [0.25, 0.3) is 0 Å². The Morgan fingerprint density at radius 3 is 2.70 bits per heavy atom. The van der Waals surface area contributed by atoms with Gasteiger partial charge in [0, 0.05) is 12.1 Å². The molecule has 0 atom stereocenters. The number of nitrogens with zero attached hydrogens (tertiary/aromatic N) is 1. The number of aryl methyl sites for hydroxylation is 1. The quantitative estimate of drug-likeness (QED) is 0.658. The fourth-order valence-corrected chi connectivity index (χ4v) is 2.52. The van der Waals surface area contributed by atoms with Gasteiger partial charge in [0.1, 0.15) is 0 Å². The summed E-state index contributed by atoms with van der Waals surface area (Å²) in [6, 6.07) is 2.50. The first kappa shape index (κ1) is 14.7. The van der Waals surface area contributed by atoms with E-state index in [1.54, 1.807) is 6.92 Å². The number of halogens is 1. The Balaban J connectivity index is 2.10. The second-order valence-corrected chi connectivity index (χ2v) is 5.79. The van der Waals surface area contributed by atoms with Crippen molar-refractivity contribution in [1.82, 2.24) is 5.32 Å². The summed E-state index contributed by atoms with van der Waals surface area (Å²) in [5.41, 5.74) is 0.760. The summed E-state index contributed by atoms with van der Waals surface area (Å²) >= 11 is 0. The monoisotopic (exact) mass is 281 g/mol. The van der Waals surface area contributed by atoms with Crippen LogP contribution in [-0.2, 0) is 0 Å². The molecular formula is C14H20FN3O2. The molecule has 1 heterocycles. The number of hydrogen-bond donors (Lipinski definition) is 2. The Bertz CT molecular complexity index is 513. The lowest BCUT2D eigenvalue weighted by molar-refractivity contribution is -0.385. The summed E-state index contributed by atoms with van der Waals surface area (Å²) in [4.78, 5) is 10.2. The Hall–Kier alpha value is -1.69. The molecule has 0 aliphatic carbocycles. The van der Waals surface area contributed by atoms with Crippen molar-refractivity contribution in [1.29, 1.82) is 0 Å².